The van der Waals surface area contributed by atoms with E-state index >= 15 is 0 Å². The summed E-state index contributed by atoms with van der Waals surface area (Å²) in [6.07, 6.45) is 1.96. The SMILES string of the molecule is CCC[C@@H](CNC(=O)NCC)c1c(OC)cc(C)cc1OC.Cl. The van der Waals surface area contributed by atoms with Crippen LogP contribution < -0.4 is 20.1 Å². The molecule has 0 aliphatic heterocycles. The van der Waals surface area contributed by atoms with Crippen LogP contribution in [0.1, 0.15) is 43.7 Å². The first-order chi connectivity index (χ1) is 10.6. The molecule has 5 nitrogen and oxygen atoms in total. The van der Waals surface area contributed by atoms with E-state index in [0.29, 0.717) is 13.1 Å². The molecule has 0 aromatic heterocycles. The highest BCUT2D eigenvalue weighted by atomic mass is 35.5. The van der Waals surface area contributed by atoms with Gasteiger partial charge in [0.15, 0.2) is 0 Å². The van der Waals surface area contributed by atoms with Crippen molar-refractivity contribution in [1.29, 1.82) is 0 Å². The van der Waals surface area contributed by atoms with Crippen LogP contribution in [0.5, 0.6) is 11.5 Å². The number of urea groups is 1. The number of benzene rings is 1. The maximum atomic E-state index is 11.7. The van der Waals surface area contributed by atoms with Gasteiger partial charge in [-0.25, -0.2) is 4.79 Å². The monoisotopic (exact) mass is 344 g/mol. The topological polar surface area (TPSA) is 59.6 Å². The molecule has 2 N–H and O–H groups in total. The van der Waals surface area contributed by atoms with Crippen molar-refractivity contribution in [3.8, 4) is 11.5 Å². The quantitative estimate of drug-likeness (QED) is 0.757. The first-order valence-electron chi connectivity index (χ1n) is 7.81. The predicted molar refractivity (Wildman–Crippen MR) is 96.3 cm³/mol. The second-order valence-corrected chi connectivity index (χ2v) is 5.31. The zero-order valence-electron chi connectivity index (χ0n) is 14.7. The number of aryl methyl sites for hydroxylation is 1. The minimum absolute atomic E-state index is 0. The number of ether oxygens (including phenoxy) is 2. The van der Waals surface area contributed by atoms with Gasteiger partial charge < -0.3 is 20.1 Å². The predicted octanol–water partition coefficient (Wildman–Crippen LogP) is 3.64. The van der Waals surface area contributed by atoms with Gasteiger partial charge in [-0.3, -0.25) is 0 Å². The van der Waals surface area contributed by atoms with Gasteiger partial charge in [-0.15, -0.1) is 12.4 Å². The Kier molecular flexibility index (Phi) is 10.2. The molecule has 0 aliphatic carbocycles. The fourth-order valence-corrected chi connectivity index (χ4v) is 2.61. The minimum atomic E-state index is -0.145. The van der Waals surface area contributed by atoms with Gasteiger partial charge >= 0.3 is 6.03 Å². The summed E-state index contributed by atoms with van der Waals surface area (Å²) < 4.78 is 11.1. The number of carbonyl (C=O) groups excluding carboxylic acids is 1. The van der Waals surface area contributed by atoms with Crippen LogP contribution in [0.4, 0.5) is 4.79 Å². The summed E-state index contributed by atoms with van der Waals surface area (Å²) in [4.78, 5) is 11.7. The van der Waals surface area contributed by atoms with E-state index in [1.165, 1.54) is 0 Å². The third kappa shape index (κ3) is 6.18. The van der Waals surface area contributed by atoms with Crippen molar-refractivity contribution in [1.82, 2.24) is 10.6 Å². The second-order valence-electron chi connectivity index (χ2n) is 5.31. The van der Waals surface area contributed by atoms with Crippen LogP contribution in [0, 0.1) is 6.92 Å². The van der Waals surface area contributed by atoms with Crippen molar-refractivity contribution in [2.75, 3.05) is 27.3 Å². The van der Waals surface area contributed by atoms with E-state index in [-0.39, 0.29) is 24.4 Å². The number of halogens is 1. The normalized spacial score (nSPS) is 11.2. The average Bonchev–Trinajstić information content (AvgIpc) is 2.51. The Balaban J connectivity index is 0.00000484. The van der Waals surface area contributed by atoms with Crippen molar-refractivity contribution in [2.45, 2.75) is 39.5 Å². The Morgan fingerprint density at radius 2 is 1.70 bits per heavy atom. The minimum Gasteiger partial charge on any atom is -0.496 e. The first kappa shape index (κ1) is 21.4. The third-order valence-electron chi connectivity index (χ3n) is 3.58. The zero-order valence-corrected chi connectivity index (χ0v) is 15.5. The van der Waals surface area contributed by atoms with E-state index in [1.54, 1.807) is 14.2 Å². The average molecular weight is 345 g/mol. The summed E-state index contributed by atoms with van der Waals surface area (Å²) >= 11 is 0. The molecular weight excluding hydrogens is 316 g/mol. The molecule has 0 fully saturated rings. The molecule has 23 heavy (non-hydrogen) atoms. The Bertz CT molecular complexity index is 470. The van der Waals surface area contributed by atoms with E-state index < -0.39 is 0 Å². The second kappa shape index (κ2) is 11.0. The fraction of sp³-hybridized carbons (Fsp3) is 0.588. The van der Waals surface area contributed by atoms with Gasteiger partial charge in [0.2, 0.25) is 0 Å². The highest BCUT2D eigenvalue weighted by Gasteiger charge is 2.21. The molecule has 0 saturated carbocycles. The van der Waals surface area contributed by atoms with Gasteiger partial charge in [-0.05, 0) is 38.0 Å². The molecule has 132 valence electrons. The molecule has 1 rings (SSSR count). The van der Waals surface area contributed by atoms with Crippen molar-refractivity contribution in [2.24, 2.45) is 0 Å². The molecule has 0 saturated heterocycles. The van der Waals surface area contributed by atoms with E-state index in [4.69, 9.17) is 9.47 Å². The lowest BCUT2D eigenvalue weighted by Crippen LogP contribution is -2.37. The van der Waals surface area contributed by atoms with Crippen molar-refractivity contribution in [3.05, 3.63) is 23.3 Å². The number of carbonyl (C=O) groups is 1. The van der Waals surface area contributed by atoms with Gasteiger partial charge in [-0.1, -0.05) is 13.3 Å². The Labute approximate surface area is 145 Å². The molecule has 2 amide bonds. The van der Waals surface area contributed by atoms with Gasteiger partial charge in [-0.2, -0.15) is 0 Å². The maximum Gasteiger partial charge on any atom is 0.314 e. The largest absolute Gasteiger partial charge is 0.496 e. The maximum absolute atomic E-state index is 11.7. The van der Waals surface area contributed by atoms with Crippen molar-refractivity contribution in [3.63, 3.8) is 0 Å². The number of hydrogen-bond acceptors (Lipinski definition) is 3. The first-order valence-corrected chi connectivity index (χ1v) is 7.81. The molecule has 6 heteroatoms. The summed E-state index contributed by atoms with van der Waals surface area (Å²) in [5, 5.41) is 5.67. The molecule has 1 aromatic carbocycles. The number of amides is 2. The Hall–Kier alpha value is -1.62. The van der Waals surface area contributed by atoms with E-state index in [9.17, 15) is 4.79 Å². The molecule has 0 bridgehead atoms. The summed E-state index contributed by atoms with van der Waals surface area (Å²) in [6.45, 7) is 7.20. The third-order valence-corrected chi connectivity index (χ3v) is 3.58. The van der Waals surface area contributed by atoms with Gasteiger partial charge in [0, 0.05) is 24.6 Å². The molecular formula is C17H29ClN2O3. The smallest absolute Gasteiger partial charge is 0.314 e. The van der Waals surface area contributed by atoms with E-state index in [2.05, 4.69) is 17.6 Å². The van der Waals surface area contributed by atoms with Gasteiger partial charge in [0.25, 0.3) is 0 Å². The van der Waals surface area contributed by atoms with Crippen molar-refractivity contribution < 1.29 is 14.3 Å². The highest BCUT2D eigenvalue weighted by molar-refractivity contribution is 5.85. The summed E-state index contributed by atoms with van der Waals surface area (Å²) in [7, 11) is 3.33. The van der Waals surface area contributed by atoms with Gasteiger partial charge in [0.1, 0.15) is 11.5 Å². The number of nitrogens with one attached hydrogen (secondary N) is 2. The Morgan fingerprint density at radius 1 is 1.13 bits per heavy atom. The van der Waals surface area contributed by atoms with Crippen molar-refractivity contribution >= 4 is 18.4 Å². The molecule has 1 aromatic rings. The lowest BCUT2D eigenvalue weighted by molar-refractivity contribution is 0.240. The molecule has 1 atom stereocenters. The van der Waals surface area contributed by atoms with Crippen LogP contribution in [0.25, 0.3) is 0 Å². The highest BCUT2D eigenvalue weighted by Crippen LogP contribution is 2.38. The van der Waals surface area contributed by atoms with E-state index in [0.717, 1.165) is 35.5 Å². The van der Waals surface area contributed by atoms with Gasteiger partial charge in [0.05, 0.1) is 14.2 Å². The number of rotatable bonds is 8. The summed E-state index contributed by atoms with van der Waals surface area (Å²) in [5.74, 6) is 1.78. The van der Waals surface area contributed by atoms with Crippen LogP contribution in [0.3, 0.4) is 0 Å². The van der Waals surface area contributed by atoms with Crippen LogP contribution in [0.2, 0.25) is 0 Å². The number of hydrogen-bond donors (Lipinski definition) is 2. The van der Waals surface area contributed by atoms with Crippen LogP contribution in [-0.2, 0) is 0 Å². The lowest BCUT2D eigenvalue weighted by Gasteiger charge is -2.23. The standard InChI is InChI=1S/C17H28N2O3.ClH/c1-6-8-13(11-19-17(20)18-7-2)16-14(21-4)9-12(3)10-15(16)22-5;/h9-10,13H,6-8,11H2,1-5H3,(H2,18,19,20);1H/t13-;/m0./s1. The van der Waals surface area contributed by atoms with Crippen LogP contribution >= 0.6 is 12.4 Å². The van der Waals surface area contributed by atoms with E-state index in [1.807, 2.05) is 26.0 Å². The number of methoxy groups -OCH3 is 2. The van der Waals surface area contributed by atoms with Crippen LogP contribution in [0.15, 0.2) is 12.1 Å². The molecule has 0 heterocycles. The molecule has 0 unspecified atom stereocenters. The Morgan fingerprint density at radius 3 is 2.13 bits per heavy atom. The summed E-state index contributed by atoms with van der Waals surface area (Å²) in [5.41, 5.74) is 2.11. The summed E-state index contributed by atoms with van der Waals surface area (Å²) in [6, 6.07) is 3.87. The molecule has 0 aliphatic rings. The molecule has 0 spiro atoms. The fourth-order valence-electron chi connectivity index (χ4n) is 2.61. The zero-order chi connectivity index (χ0) is 16.5. The lowest BCUT2D eigenvalue weighted by atomic mass is 9.91. The van der Waals surface area contributed by atoms with Crippen LogP contribution in [-0.4, -0.2) is 33.3 Å². The molecule has 0 radical (unpaired) electrons.